The lowest BCUT2D eigenvalue weighted by molar-refractivity contribution is 0.0532. The first-order valence-electron chi connectivity index (χ1n) is 11.8. The third-order valence-corrected chi connectivity index (χ3v) is 6.98. The van der Waals surface area contributed by atoms with Crippen LogP contribution in [0.4, 0.5) is 0 Å². The van der Waals surface area contributed by atoms with Gasteiger partial charge in [-0.1, -0.05) is 25.0 Å². The number of nitrogens with one attached hydrogen (secondary N) is 1. The molecular weight excluding hydrogens is 404 g/mol. The average Bonchev–Trinajstić information content (AvgIpc) is 3.20. The maximum atomic E-state index is 13.1. The second kappa shape index (κ2) is 9.76. The van der Waals surface area contributed by atoms with Crippen molar-refractivity contribution in [1.82, 2.24) is 20.0 Å². The highest BCUT2D eigenvalue weighted by Gasteiger charge is 2.37. The normalized spacial score (nSPS) is 19.3. The van der Waals surface area contributed by atoms with Crippen LogP contribution in [0.1, 0.15) is 71.9 Å². The fraction of sp³-hybridized carbons (Fsp3) is 0.560. The highest BCUT2D eigenvalue weighted by atomic mass is 16.5. The maximum Gasteiger partial charge on any atom is 0.257 e. The van der Waals surface area contributed by atoms with Crippen LogP contribution >= 0.6 is 0 Å². The van der Waals surface area contributed by atoms with Crippen LogP contribution in [0.3, 0.4) is 0 Å². The van der Waals surface area contributed by atoms with Gasteiger partial charge in [-0.05, 0) is 57.1 Å². The Morgan fingerprint density at radius 3 is 2.69 bits per heavy atom. The molecule has 0 aliphatic carbocycles. The van der Waals surface area contributed by atoms with Crippen molar-refractivity contribution in [3.63, 3.8) is 0 Å². The summed E-state index contributed by atoms with van der Waals surface area (Å²) in [5.41, 5.74) is 2.12. The Bertz CT molecular complexity index is 960. The van der Waals surface area contributed by atoms with Gasteiger partial charge < -0.3 is 15.0 Å². The summed E-state index contributed by atoms with van der Waals surface area (Å²) >= 11 is 0. The Labute approximate surface area is 190 Å². The number of benzene rings is 1. The van der Waals surface area contributed by atoms with Gasteiger partial charge in [0.05, 0.1) is 23.4 Å². The van der Waals surface area contributed by atoms with E-state index in [0.717, 1.165) is 50.8 Å². The van der Waals surface area contributed by atoms with Gasteiger partial charge >= 0.3 is 0 Å². The van der Waals surface area contributed by atoms with Gasteiger partial charge in [0.1, 0.15) is 5.75 Å². The van der Waals surface area contributed by atoms with Crippen molar-refractivity contribution in [3.8, 4) is 5.75 Å². The van der Waals surface area contributed by atoms with Gasteiger partial charge in [-0.2, -0.15) is 5.10 Å². The van der Waals surface area contributed by atoms with Crippen LogP contribution < -0.4 is 10.1 Å². The highest BCUT2D eigenvalue weighted by molar-refractivity contribution is 5.97. The third kappa shape index (κ3) is 4.81. The summed E-state index contributed by atoms with van der Waals surface area (Å²) in [6.07, 6.45) is 7.92. The zero-order valence-corrected chi connectivity index (χ0v) is 19.2. The molecule has 2 aliphatic heterocycles. The van der Waals surface area contributed by atoms with E-state index < -0.39 is 0 Å². The van der Waals surface area contributed by atoms with E-state index in [9.17, 15) is 9.59 Å². The van der Waals surface area contributed by atoms with Crippen molar-refractivity contribution >= 4 is 11.8 Å². The number of aromatic nitrogens is 2. The number of piperidine rings is 1. The molecule has 7 nitrogen and oxygen atoms in total. The fourth-order valence-corrected chi connectivity index (χ4v) is 4.86. The summed E-state index contributed by atoms with van der Waals surface area (Å²) in [7, 11) is 0. The minimum absolute atomic E-state index is 0.0318. The number of carbonyl (C=O) groups excluding carboxylic acids is 2. The fourth-order valence-electron chi connectivity index (χ4n) is 4.86. The number of likely N-dealkylation sites (tertiary alicyclic amines) is 1. The number of carbonyl (C=O) groups is 2. The minimum atomic E-state index is -0.0818. The first-order valence-corrected chi connectivity index (χ1v) is 11.8. The molecule has 7 heteroatoms. The van der Waals surface area contributed by atoms with E-state index in [1.54, 1.807) is 0 Å². The number of hydrogen-bond donors (Lipinski definition) is 1. The SMILES string of the molecule is CCn1cc(C(=O)N2CCC3(CCCCCOc4ccccc4C(=O)NC3)CC2)c(C)n1. The monoisotopic (exact) mass is 438 g/mol. The Morgan fingerprint density at radius 2 is 1.94 bits per heavy atom. The number of para-hydroxylation sites is 1. The van der Waals surface area contributed by atoms with Crippen LogP contribution in [0.15, 0.2) is 30.5 Å². The summed E-state index contributed by atoms with van der Waals surface area (Å²) < 4.78 is 7.68. The molecule has 0 saturated carbocycles. The predicted octanol–water partition coefficient (Wildman–Crippen LogP) is 3.82. The molecule has 0 unspecified atom stereocenters. The second-order valence-electron chi connectivity index (χ2n) is 9.11. The van der Waals surface area contributed by atoms with E-state index in [1.165, 1.54) is 0 Å². The van der Waals surface area contributed by atoms with Crippen molar-refractivity contribution in [3.05, 3.63) is 47.3 Å². The molecule has 0 atom stereocenters. The summed E-state index contributed by atoms with van der Waals surface area (Å²) in [4.78, 5) is 28.0. The second-order valence-corrected chi connectivity index (χ2v) is 9.11. The Hall–Kier alpha value is -2.83. The number of hydrogen-bond acceptors (Lipinski definition) is 4. The largest absolute Gasteiger partial charge is 0.493 e. The van der Waals surface area contributed by atoms with E-state index >= 15 is 0 Å². The molecule has 1 aromatic carbocycles. The quantitative estimate of drug-likeness (QED) is 0.773. The Morgan fingerprint density at radius 1 is 1.16 bits per heavy atom. The number of nitrogens with zero attached hydrogens (tertiary/aromatic N) is 3. The van der Waals surface area contributed by atoms with Crippen molar-refractivity contribution in [2.75, 3.05) is 26.2 Å². The molecule has 1 saturated heterocycles. The molecule has 0 radical (unpaired) electrons. The molecule has 2 aliphatic rings. The Balaban J connectivity index is 1.45. The number of ether oxygens (including phenoxy) is 1. The molecule has 1 spiro atoms. The number of amides is 2. The summed E-state index contributed by atoms with van der Waals surface area (Å²) in [5, 5.41) is 7.60. The van der Waals surface area contributed by atoms with Crippen molar-refractivity contribution in [1.29, 1.82) is 0 Å². The summed E-state index contributed by atoms with van der Waals surface area (Å²) in [6.45, 7) is 7.36. The third-order valence-electron chi connectivity index (χ3n) is 6.98. The molecule has 172 valence electrons. The molecule has 2 amide bonds. The van der Waals surface area contributed by atoms with Gasteiger partial charge in [0.25, 0.3) is 11.8 Å². The molecule has 3 heterocycles. The lowest BCUT2D eigenvalue weighted by Gasteiger charge is -2.42. The van der Waals surface area contributed by atoms with Crippen LogP contribution in [0.5, 0.6) is 5.75 Å². The zero-order valence-electron chi connectivity index (χ0n) is 19.2. The van der Waals surface area contributed by atoms with E-state index in [-0.39, 0.29) is 17.2 Å². The van der Waals surface area contributed by atoms with Gasteiger partial charge in [0.2, 0.25) is 0 Å². The lowest BCUT2D eigenvalue weighted by Crippen LogP contribution is -2.48. The van der Waals surface area contributed by atoms with Crippen LogP contribution in [0.2, 0.25) is 0 Å². The van der Waals surface area contributed by atoms with E-state index in [1.807, 2.05) is 53.9 Å². The first-order chi connectivity index (χ1) is 15.5. The van der Waals surface area contributed by atoms with Crippen LogP contribution in [0.25, 0.3) is 0 Å². The first kappa shape index (κ1) is 22.4. The predicted molar refractivity (Wildman–Crippen MR) is 123 cm³/mol. The summed E-state index contributed by atoms with van der Waals surface area (Å²) in [5.74, 6) is 0.644. The van der Waals surface area contributed by atoms with Gasteiger partial charge in [-0.15, -0.1) is 0 Å². The van der Waals surface area contributed by atoms with Gasteiger partial charge in [0.15, 0.2) is 0 Å². The molecule has 32 heavy (non-hydrogen) atoms. The van der Waals surface area contributed by atoms with Gasteiger partial charge in [0, 0.05) is 32.4 Å². The molecule has 4 rings (SSSR count). The highest BCUT2D eigenvalue weighted by Crippen LogP contribution is 2.37. The molecular formula is C25H34N4O3. The molecule has 2 aromatic rings. The summed E-state index contributed by atoms with van der Waals surface area (Å²) in [6, 6.07) is 7.46. The average molecular weight is 439 g/mol. The van der Waals surface area contributed by atoms with Gasteiger partial charge in [-0.3, -0.25) is 14.3 Å². The standard InChI is InChI=1S/C25H34N4O3/c1-3-29-17-21(19(2)27-29)24(31)28-14-12-25(13-15-28)11-7-4-8-16-32-22-10-6-5-9-20(22)23(30)26-18-25/h5-6,9-10,17H,3-4,7-8,11-16,18H2,1-2H3,(H,26,30). The van der Waals surface area contributed by atoms with Crippen LogP contribution in [-0.2, 0) is 6.54 Å². The van der Waals surface area contributed by atoms with E-state index in [4.69, 9.17) is 4.74 Å². The van der Waals surface area contributed by atoms with Crippen molar-refractivity contribution in [2.45, 2.75) is 58.9 Å². The van der Waals surface area contributed by atoms with Crippen molar-refractivity contribution < 1.29 is 14.3 Å². The number of fused-ring (bicyclic) bond motifs is 1. The molecule has 1 fully saturated rings. The lowest BCUT2D eigenvalue weighted by atomic mass is 9.74. The smallest absolute Gasteiger partial charge is 0.257 e. The van der Waals surface area contributed by atoms with Crippen molar-refractivity contribution in [2.24, 2.45) is 5.41 Å². The maximum absolute atomic E-state index is 13.1. The number of aryl methyl sites for hydroxylation is 2. The topological polar surface area (TPSA) is 76.5 Å². The van der Waals surface area contributed by atoms with Crippen LogP contribution in [-0.4, -0.2) is 52.7 Å². The zero-order chi connectivity index (χ0) is 22.6. The van der Waals surface area contributed by atoms with E-state index in [2.05, 4.69) is 10.4 Å². The molecule has 1 N–H and O–H groups in total. The number of rotatable bonds is 2. The van der Waals surface area contributed by atoms with Crippen LogP contribution in [0, 0.1) is 12.3 Å². The minimum Gasteiger partial charge on any atom is -0.493 e. The Kier molecular flexibility index (Phi) is 6.82. The molecule has 1 aromatic heterocycles. The molecule has 0 bridgehead atoms. The van der Waals surface area contributed by atoms with Gasteiger partial charge in [-0.25, -0.2) is 0 Å². The van der Waals surface area contributed by atoms with E-state index in [0.29, 0.717) is 43.1 Å².